The number of H-pyrrole nitrogens is 1. The van der Waals surface area contributed by atoms with Crippen LogP contribution in [0.25, 0.3) is 11.0 Å². The molecule has 2 rings (SSSR count). The third kappa shape index (κ3) is 1.92. The molecule has 0 saturated carbocycles. The van der Waals surface area contributed by atoms with E-state index in [9.17, 15) is 4.79 Å². The Labute approximate surface area is 101 Å². The molecule has 0 amide bonds. The van der Waals surface area contributed by atoms with E-state index in [0.717, 1.165) is 12.2 Å². The highest BCUT2D eigenvalue weighted by molar-refractivity contribution is 14.1. The quantitative estimate of drug-likeness (QED) is 0.861. The van der Waals surface area contributed by atoms with Crippen molar-refractivity contribution < 1.29 is 0 Å². The Morgan fingerprint density at radius 3 is 3.00 bits per heavy atom. The number of halogens is 1. The average Bonchev–Trinajstić information content (AvgIpc) is 2.55. The summed E-state index contributed by atoms with van der Waals surface area (Å²) in [4.78, 5) is 14.9. The van der Waals surface area contributed by atoms with Crippen molar-refractivity contribution in [3.8, 4) is 0 Å². The molecule has 0 fully saturated rings. The molecule has 0 aromatic carbocycles. The van der Waals surface area contributed by atoms with Crippen LogP contribution in [0.5, 0.6) is 0 Å². The molecule has 2 heterocycles. The van der Waals surface area contributed by atoms with Crippen LogP contribution >= 0.6 is 22.6 Å². The van der Waals surface area contributed by atoms with E-state index in [1.54, 1.807) is 12.4 Å². The van der Waals surface area contributed by atoms with Gasteiger partial charge in [-0.05, 0) is 28.5 Å². The molecule has 0 unspecified atom stereocenters. The Hall–Kier alpha value is -0.850. The molecule has 4 nitrogen and oxygen atoms in total. The van der Waals surface area contributed by atoms with Gasteiger partial charge in [-0.25, -0.2) is 4.68 Å². The SMILES string of the molecule is CC(C)Cn1ncc2c(=O)c(I)c[nH]c21. The van der Waals surface area contributed by atoms with Crippen molar-refractivity contribution in [2.45, 2.75) is 20.4 Å². The molecule has 0 bridgehead atoms. The topological polar surface area (TPSA) is 50.7 Å². The number of pyridine rings is 1. The molecule has 1 N–H and O–H groups in total. The summed E-state index contributed by atoms with van der Waals surface area (Å²) in [6.45, 7) is 5.07. The number of nitrogens with zero attached hydrogens (tertiary/aromatic N) is 2. The van der Waals surface area contributed by atoms with E-state index >= 15 is 0 Å². The zero-order chi connectivity index (χ0) is 11.0. The fourth-order valence-corrected chi connectivity index (χ4v) is 1.96. The maximum atomic E-state index is 11.7. The third-order valence-corrected chi connectivity index (χ3v) is 2.98. The van der Waals surface area contributed by atoms with Gasteiger partial charge in [0.25, 0.3) is 0 Å². The number of hydrogen-bond acceptors (Lipinski definition) is 2. The van der Waals surface area contributed by atoms with Crippen LogP contribution in [-0.4, -0.2) is 14.8 Å². The fourth-order valence-electron chi connectivity index (χ4n) is 1.51. The second kappa shape index (κ2) is 3.96. The van der Waals surface area contributed by atoms with E-state index in [-0.39, 0.29) is 5.43 Å². The molecule has 0 aliphatic heterocycles. The van der Waals surface area contributed by atoms with Crippen LogP contribution in [0.2, 0.25) is 0 Å². The average molecular weight is 317 g/mol. The zero-order valence-electron chi connectivity index (χ0n) is 8.62. The molecule has 0 saturated heterocycles. The highest BCUT2D eigenvalue weighted by atomic mass is 127. The first kappa shape index (κ1) is 10.7. The summed E-state index contributed by atoms with van der Waals surface area (Å²) >= 11 is 2.03. The number of nitrogens with one attached hydrogen (secondary N) is 1. The molecule has 80 valence electrons. The van der Waals surface area contributed by atoms with Gasteiger partial charge in [-0.15, -0.1) is 0 Å². The van der Waals surface area contributed by atoms with Crippen LogP contribution in [0, 0.1) is 9.49 Å². The van der Waals surface area contributed by atoms with Gasteiger partial charge in [-0.1, -0.05) is 13.8 Å². The first-order valence-corrected chi connectivity index (χ1v) is 5.90. The summed E-state index contributed by atoms with van der Waals surface area (Å²) < 4.78 is 2.54. The summed E-state index contributed by atoms with van der Waals surface area (Å²) in [7, 11) is 0. The lowest BCUT2D eigenvalue weighted by atomic mass is 10.2. The maximum absolute atomic E-state index is 11.7. The molecule has 0 aliphatic rings. The Morgan fingerprint density at radius 2 is 2.33 bits per heavy atom. The van der Waals surface area contributed by atoms with E-state index in [1.165, 1.54) is 0 Å². The standard InChI is InChI=1S/C10H12IN3O/c1-6(2)5-14-10-7(3-13-14)9(15)8(11)4-12-10/h3-4,6H,5H2,1-2H3,(H,12,15). The van der Waals surface area contributed by atoms with E-state index in [4.69, 9.17) is 0 Å². The summed E-state index contributed by atoms with van der Waals surface area (Å²) in [5.74, 6) is 0.510. The molecular formula is C10H12IN3O. The van der Waals surface area contributed by atoms with E-state index in [2.05, 4.69) is 23.9 Å². The van der Waals surface area contributed by atoms with E-state index in [0.29, 0.717) is 14.9 Å². The van der Waals surface area contributed by atoms with Crippen LogP contribution in [0.15, 0.2) is 17.2 Å². The number of aromatic amines is 1. The van der Waals surface area contributed by atoms with Crippen LogP contribution in [-0.2, 0) is 6.54 Å². The lowest BCUT2D eigenvalue weighted by molar-refractivity contribution is 0.492. The molecule has 0 spiro atoms. The van der Waals surface area contributed by atoms with Crippen molar-refractivity contribution in [3.63, 3.8) is 0 Å². The van der Waals surface area contributed by atoms with Crippen molar-refractivity contribution in [1.82, 2.24) is 14.8 Å². The fraction of sp³-hybridized carbons (Fsp3) is 0.400. The molecule has 0 aliphatic carbocycles. The number of fused-ring (bicyclic) bond motifs is 1. The molecule has 5 heteroatoms. The second-order valence-electron chi connectivity index (χ2n) is 3.95. The zero-order valence-corrected chi connectivity index (χ0v) is 10.8. The predicted octanol–water partition coefficient (Wildman–Crippen LogP) is 1.99. The third-order valence-electron chi connectivity index (χ3n) is 2.17. The number of aromatic nitrogens is 3. The largest absolute Gasteiger partial charge is 0.345 e. The van der Waals surface area contributed by atoms with Crippen molar-refractivity contribution in [1.29, 1.82) is 0 Å². The van der Waals surface area contributed by atoms with Crippen LogP contribution in [0.4, 0.5) is 0 Å². The molecular weight excluding hydrogens is 305 g/mol. The monoisotopic (exact) mass is 317 g/mol. The van der Waals surface area contributed by atoms with E-state index < -0.39 is 0 Å². The first-order valence-electron chi connectivity index (χ1n) is 4.82. The Kier molecular flexibility index (Phi) is 2.81. The normalized spacial score (nSPS) is 11.5. The smallest absolute Gasteiger partial charge is 0.205 e. The van der Waals surface area contributed by atoms with Gasteiger partial charge >= 0.3 is 0 Å². The summed E-state index contributed by atoms with van der Waals surface area (Å²) in [5.41, 5.74) is 0.869. The lowest BCUT2D eigenvalue weighted by Crippen LogP contribution is -2.09. The van der Waals surface area contributed by atoms with Gasteiger partial charge < -0.3 is 4.98 Å². The Morgan fingerprint density at radius 1 is 1.60 bits per heavy atom. The Balaban J connectivity index is 2.62. The second-order valence-corrected chi connectivity index (χ2v) is 5.11. The van der Waals surface area contributed by atoms with Gasteiger partial charge in [-0.2, -0.15) is 5.10 Å². The lowest BCUT2D eigenvalue weighted by Gasteiger charge is -2.05. The molecule has 0 atom stereocenters. The summed E-state index contributed by atoms with van der Waals surface area (Å²) in [5, 5.41) is 4.89. The van der Waals surface area contributed by atoms with Crippen molar-refractivity contribution in [3.05, 3.63) is 26.2 Å². The van der Waals surface area contributed by atoms with E-state index in [1.807, 2.05) is 27.3 Å². The van der Waals surface area contributed by atoms with Gasteiger partial charge in [0, 0.05) is 12.7 Å². The van der Waals surface area contributed by atoms with Crippen molar-refractivity contribution >= 4 is 33.6 Å². The molecule has 0 radical (unpaired) electrons. The van der Waals surface area contributed by atoms with Gasteiger partial charge in [-0.3, -0.25) is 4.79 Å². The van der Waals surface area contributed by atoms with Gasteiger partial charge in [0.05, 0.1) is 15.2 Å². The summed E-state index contributed by atoms with van der Waals surface area (Å²) in [6.07, 6.45) is 3.36. The molecule has 15 heavy (non-hydrogen) atoms. The summed E-state index contributed by atoms with van der Waals surface area (Å²) in [6, 6.07) is 0. The van der Waals surface area contributed by atoms with Gasteiger partial charge in [0.15, 0.2) is 0 Å². The molecule has 2 aromatic rings. The first-order chi connectivity index (χ1) is 7.09. The Bertz CT molecular complexity index is 541. The van der Waals surface area contributed by atoms with Crippen LogP contribution in [0.3, 0.4) is 0 Å². The minimum Gasteiger partial charge on any atom is -0.345 e. The van der Waals surface area contributed by atoms with Gasteiger partial charge in [0.1, 0.15) is 5.65 Å². The number of rotatable bonds is 2. The highest BCUT2D eigenvalue weighted by Crippen LogP contribution is 2.10. The van der Waals surface area contributed by atoms with Crippen molar-refractivity contribution in [2.24, 2.45) is 5.92 Å². The number of hydrogen-bond donors (Lipinski definition) is 1. The molecule has 2 aromatic heterocycles. The highest BCUT2D eigenvalue weighted by Gasteiger charge is 2.09. The predicted molar refractivity (Wildman–Crippen MR) is 67.9 cm³/mol. The minimum absolute atomic E-state index is 0.0550. The van der Waals surface area contributed by atoms with Gasteiger partial charge in [0.2, 0.25) is 5.43 Å². The minimum atomic E-state index is 0.0550. The van der Waals surface area contributed by atoms with Crippen LogP contribution in [0.1, 0.15) is 13.8 Å². The van der Waals surface area contributed by atoms with Crippen molar-refractivity contribution in [2.75, 3.05) is 0 Å². The van der Waals surface area contributed by atoms with Crippen LogP contribution < -0.4 is 5.43 Å². The maximum Gasteiger partial charge on any atom is 0.205 e.